The van der Waals surface area contributed by atoms with Gasteiger partial charge in [-0.25, -0.2) is 0 Å². The van der Waals surface area contributed by atoms with Crippen molar-refractivity contribution in [3.8, 4) is 0 Å². The van der Waals surface area contributed by atoms with Gasteiger partial charge in [0.1, 0.15) is 0 Å². The van der Waals surface area contributed by atoms with E-state index in [1.54, 1.807) is 0 Å². The molecule has 1 aromatic carbocycles. The topological polar surface area (TPSA) is 29.1 Å². The lowest BCUT2D eigenvalue weighted by Crippen LogP contribution is -2.24. The number of carbonyl (C=O) groups is 1. The summed E-state index contributed by atoms with van der Waals surface area (Å²) < 4.78 is 0. The third-order valence-corrected chi connectivity index (χ3v) is 3.28. The molecule has 0 saturated carbocycles. The normalized spacial score (nSPS) is 12.8. The van der Waals surface area contributed by atoms with E-state index in [0.29, 0.717) is 11.8 Å². The number of carbonyl (C=O) groups excluding carboxylic acids is 1. The van der Waals surface area contributed by atoms with Gasteiger partial charge in [0.15, 0.2) is 0 Å². The molecule has 0 aromatic heterocycles. The zero-order valence-electron chi connectivity index (χ0n) is 12.2. The fourth-order valence-corrected chi connectivity index (χ4v) is 1.75. The largest absolute Gasteiger partial charge is 0.326 e. The zero-order chi connectivity index (χ0) is 13.7. The molecule has 0 aliphatic heterocycles. The number of benzene rings is 1. The SMILES string of the molecule is CC(C)Cc1ccc(NC(=O)[C@@H](C)C(C)C)cc1. The van der Waals surface area contributed by atoms with Crippen LogP contribution in [0.15, 0.2) is 24.3 Å². The van der Waals surface area contributed by atoms with Crippen LogP contribution >= 0.6 is 0 Å². The third kappa shape index (κ3) is 4.52. The Balaban J connectivity index is 2.61. The third-order valence-electron chi connectivity index (χ3n) is 3.28. The van der Waals surface area contributed by atoms with Gasteiger partial charge in [-0.15, -0.1) is 0 Å². The van der Waals surface area contributed by atoms with Crippen LogP contribution in [0.4, 0.5) is 5.69 Å². The lowest BCUT2D eigenvalue weighted by molar-refractivity contribution is -0.120. The van der Waals surface area contributed by atoms with E-state index in [4.69, 9.17) is 0 Å². The first-order valence-corrected chi connectivity index (χ1v) is 6.80. The maximum Gasteiger partial charge on any atom is 0.227 e. The van der Waals surface area contributed by atoms with Gasteiger partial charge in [-0.3, -0.25) is 4.79 Å². The minimum atomic E-state index is 0.0420. The summed E-state index contributed by atoms with van der Waals surface area (Å²) in [4.78, 5) is 11.9. The predicted molar refractivity (Wildman–Crippen MR) is 77.6 cm³/mol. The second-order valence-corrected chi connectivity index (χ2v) is 5.82. The Bertz CT molecular complexity index is 379. The molecule has 0 heterocycles. The quantitative estimate of drug-likeness (QED) is 0.833. The number of hydrogen-bond acceptors (Lipinski definition) is 1. The summed E-state index contributed by atoms with van der Waals surface area (Å²) in [5, 5.41) is 2.96. The van der Waals surface area contributed by atoms with Crippen LogP contribution in [0.25, 0.3) is 0 Å². The minimum Gasteiger partial charge on any atom is -0.326 e. The Kier molecular flexibility index (Phi) is 5.39. The van der Waals surface area contributed by atoms with Crippen molar-refractivity contribution in [2.24, 2.45) is 17.8 Å². The fraction of sp³-hybridized carbons (Fsp3) is 0.562. The fourth-order valence-electron chi connectivity index (χ4n) is 1.75. The molecule has 2 nitrogen and oxygen atoms in total. The van der Waals surface area contributed by atoms with E-state index in [2.05, 4.69) is 45.1 Å². The molecule has 100 valence electrons. The van der Waals surface area contributed by atoms with Crippen molar-refractivity contribution in [2.45, 2.75) is 41.0 Å². The Morgan fingerprint density at radius 1 is 1.06 bits per heavy atom. The highest BCUT2D eigenvalue weighted by Gasteiger charge is 2.16. The lowest BCUT2D eigenvalue weighted by Gasteiger charge is -2.15. The highest BCUT2D eigenvalue weighted by Crippen LogP contribution is 2.16. The number of hydrogen-bond donors (Lipinski definition) is 1. The first kappa shape index (κ1) is 14.7. The average Bonchev–Trinajstić information content (AvgIpc) is 2.29. The molecule has 0 aliphatic carbocycles. The van der Waals surface area contributed by atoms with E-state index >= 15 is 0 Å². The zero-order valence-corrected chi connectivity index (χ0v) is 12.2. The molecule has 1 N–H and O–H groups in total. The predicted octanol–water partition coefficient (Wildman–Crippen LogP) is 4.12. The first-order valence-electron chi connectivity index (χ1n) is 6.80. The second kappa shape index (κ2) is 6.58. The van der Waals surface area contributed by atoms with Gasteiger partial charge in [0.25, 0.3) is 0 Å². The number of amides is 1. The molecule has 0 spiro atoms. The Morgan fingerprint density at radius 2 is 1.61 bits per heavy atom. The first-order chi connectivity index (χ1) is 8.40. The van der Waals surface area contributed by atoms with Crippen LogP contribution in [0.1, 0.15) is 40.2 Å². The summed E-state index contributed by atoms with van der Waals surface area (Å²) in [6.07, 6.45) is 1.08. The summed E-state index contributed by atoms with van der Waals surface area (Å²) >= 11 is 0. The highest BCUT2D eigenvalue weighted by atomic mass is 16.1. The van der Waals surface area contributed by atoms with Gasteiger partial charge in [-0.05, 0) is 36.0 Å². The molecule has 0 fully saturated rings. The van der Waals surface area contributed by atoms with E-state index in [-0.39, 0.29) is 11.8 Å². The second-order valence-electron chi connectivity index (χ2n) is 5.82. The van der Waals surface area contributed by atoms with E-state index in [0.717, 1.165) is 12.1 Å². The molecule has 0 bridgehead atoms. The van der Waals surface area contributed by atoms with Gasteiger partial charge in [-0.1, -0.05) is 46.8 Å². The standard InChI is InChI=1S/C16H25NO/c1-11(2)10-14-6-8-15(9-7-14)17-16(18)13(5)12(3)4/h6-9,11-13H,10H2,1-5H3,(H,17,18)/t13-/m0/s1. The summed E-state index contributed by atoms with van der Waals surface area (Å²) in [7, 11) is 0. The molecule has 1 amide bonds. The van der Waals surface area contributed by atoms with Gasteiger partial charge in [0.2, 0.25) is 5.91 Å². The molecule has 0 saturated heterocycles. The van der Waals surface area contributed by atoms with Crippen LogP contribution in [-0.4, -0.2) is 5.91 Å². The molecule has 0 radical (unpaired) electrons. The number of nitrogens with one attached hydrogen (secondary N) is 1. The lowest BCUT2D eigenvalue weighted by atomic mass is 9.97. The van der Waals surface area contributed by atoms with Crippen molar-refractivity contribution in [2.75, 3.05) is 5.32 Å². The van der Waals surface area contributed by atoms with Crippen molar-refractivity contribution in [3.63, 3.8) is 0 Å². The number of rotatable bonds is 5. The molecule has 0 unspecified atom stereocenters. The smallest absolute Gasteiger partial charge is 0.227 e. The molecule has 0 aliphatic rings. The Morgan fingerprint density at radius 3 is 2.06 bits per heavy atom. The van der Waals surface area contributed by atoms with Crippen molar-refractivity contribution >= 4 is 11.6 Å². The molecular formula is C16H25NO. The maximum atomic E-state index is 11.9. The highest BCUT2D eigenvalue weighted by molar-refractivity contribution is 5.92. The Labute approximate surface area is 111 Å². The number of anilines is 1. The van der Waals surface area contributed by atoms with E-state index in [9.17, 15) is 4.79 Å². The molecular weight excluding hydrogens is 222 g/mol. The Hall–Kier alpha value is -1.31. The average molecular weight is 247 g/mol. The van der Waals surface area contributed by atoms with Crippen LogP contribution < -0.4 is 5.32 Å². The molecule has 18 heavy (non-hydrogen) atoms. The summed E-state index contributed by atoms with van der Waals surface area (Å²) in [5.74, 6) is 1.17. The van der Waals surface area contributed by atoms with Gasteiger partial charge in [0, 0.05) is 11.6 Å². The minimum absolute atomic E-state index is 0.0420. The van der Waals surface area contributed by atoms with Crippen molar-refractivity contribution in [1.82, 2.24) is 0 Å². The molecule has 1 rings (SSSR count). The van der Waals surface area contributed by atoms with Crippen LogP contribution in [0.2, 0.25) is 0 Å². The van der Waals surface area contributed by atoms with Gasteiger partial charge >= 0.3 is 0 Å². The van der Waals surface area contributed by atoms with Crippen LogP contribution in [-0.2, 0) is 11.2 Å². The van der Waals surface area contributed by atoms with Crippen LogP contribution in [0, 0.1) is 17.8 Å². The molecule has 1 atom stereocenters. The molecule has 2 heteroatoms. The van der Waals surface area contributed by atoms with E-state index in [1.807, 2.05) is 19.1 Å². The van der Waals surface area contributed by atoms with E-state index in [1.165, 1.54) is 5.56 Å². The van der Waals surface area contributed by atoms with Crippen LogP contribution in [0.5, 0.6) is 0 Å². The summed E-state index contributed by atoms with van der Waals surface area (Å²) in [6.45, 7) is 10.5. The van der Waals surface area contributed by atoms with Gasteiger partial charge in [0.05, 0.1) is 0 Å². The van der Waals surface area contributed by atoms with Crippen molar-refractivity contribution in [3.05, 3.63) is 29.8 Å². The summed E-state index contributed by atoms with van der Waals surface area (Å²) in [5.41, 5.74) is 2.21. The van der Waals surface area contributed by atoms with Crippen molar-refractivity contribution in [1.29, 1.82) is 0 Å². The molecule has 1 aromatic rings. The van der Waals surface area contributed by atoms with Crippen LogP contribution in [0.3, 0.4) is 0 Å². The maximum absolute atomic E-state index is 11.9. The monoisotopic (exact) mass is 247 g/mol. The van der Waals surface area contributed by atoms with Crippen molar-refractivity contribution < 1.29 is 4.79 Å². The van der Waals surface area contributed by atoms with Gasteiger partial charge in [-0.2, -0.15) is 0 Å². The van der Waals surface area contributed by atoms with Gasteiger partial charge < -0.3 is 5.32 Å². The summed E-state index contributed by atoms with van der Waals surface area (Å²) in [6, 6.07) is 8.16. The van der Waals surface area contributed by atoms with E-state index < -0.39 is 0 Å².